The number of nitroso groups, excluding NO2 is 1. The van der Waals surface area contributed by atoms with E-state index in [9.17, 15) is 34.0 Å². The van der Waals surface area contributed by atoms with E-state index in [1.807, 2.05) is 19.0 Å². The van der Waals surface area contributed by atoms with Gasteiger partial charge in [-0.15, -0.1) is 4.91 Å². The van der Waals surface area contributed by atoms with Gasteiger partial charge in [-0.1, -0.05) is 6.58 Å². The zero-order valence-electron chi connectivity index (χ0n) is 21.9. The van der Waals surface area contributed by atoms with Gasteiger partial charge in [0.2, 0.25) is 0 Å². The molecule has 0 radical (unpaired) electrons. The first-order valence-corrected chi connectivity index (χ1v) is 15.3. The van der Waals surface area contributed by atoms with E-state index in [0.717, 1.165) is 0 Å². The molecule has 4 atom stereocenters. The average molecular weight is 577 g/mol. The summed E-state index contributed by atoms with van der Waals surface area (Å²) in [7, 11) is 1.07. The minimum atomic E-state index is -2.55. The highest BCUT2D eigenvalue weighted by atomic mass is 32.8. The van der Waals surface area contributed by atoms with Crippen molar-refractivity contribution in [1.82, 2.24) is 4.72 Å². The van der Waals surface area contributed by atoms with Gasteiger partial charge in [0.05, 0.1) is 19.8 Å². The van der Waals surface area contributed by atoms with Crippen LogP contribution >= 0.6 is 0 Å². The first-order valence-electron chi connectivity index (χ1n) is 12.4. The normalized spacial score (nSPS) is 25.9. The molecule has 1 aromatic rings. The predicted molar refractivity (Wildman–Crippen MR) is 150 cm³/mol. The van der Waals surface area contributed by atoms with Crippen molar-refractivity contribution >= 4 is 37.2 Å². The number of nitrogens with one attached hydrogen (secondary N) is 1. The van der Waals surface area contributed by atoms with Gasteiger partial charge in [0.15, 0.2) is 5.78 Å². The Morgan fingerprint density at radius 2 is 2.03 bits per heavy atom. The molecular formula is C26H32N4O7S2. The van der Waals surface area contributed by atoms with E-state index in [2.05, 4.69) is 16.5 Å². The van der Waals surface area contributed by atoms with E-state index in [1.165, 1.54) is 6.26 Å². The van der Waals surface area contributed by atoms with Crippen LogP contribution in [-0.4, -0.2) is 63.7 Å². The number of nitrogens with zero attached hydrogens (tertiary/aromatic N) is 2. The van der Waals surface area contributed by atoms with Gasteiger partial charge in [0.25, 0.3) is 5.91 Å². The largest absolute Gasteiger partial charge is 0.511 e. The van der Waals surface area contributed by atoms with E-state index < -0.39 is 43.5 Å². The Kier molecular flexibility index (Phi) is 7.49. The predicted octanol–water partition coefficient (Wildman–Crippen LogP) is 1.66. The number of hydrogen-bond acceptors (Lipinski definition) is 10. The molecule has 0 aliphatic heterocycles. The minimum absolute atomic E-state index is 0.0242. The number of Topliss-reactive ketones (excluding diaryl/α,β-unsaturated/α-hetero) is 1. The number of hydrogen-bond donors (Lipinski definition) is 5. The van der Waals surface area contributed by atoms with Crippen LogP contribution in [0, 0.1) is 16.7 Å². The second kappa shape index (κ2) is 10.1. The summed E-state index contributed by atoms with van der Waals surface area (Å²) in [6.07, 6.45) is 2.57. The number of phenols is 1. The highest BCUT2D eigenvalue weighted by Crippen LogP contribution is 2.56. The van der Waals surface area contributed by atoms with Crippen LogP contribution in [0.5, 0.6) is 5.75 Å². The van der Waals surface area contributed by atoms with Crippen LogP contribution in [0.4, 0.5) is 5.69 Å². The summed E-state index contributed by atoms with van der Waals surface area (Å²) in [6, 6.07) is 1.81. The molecule has 210 valence electrons. The third-order valence-electron chi connectivity index (χ3n) is 7.87. The van der Waals surface area contributed by atoms with E-state index in [1.54, 1.807) is 6.07 Å². The van der Waals surface area contributed by atoms with E-state index in [0.29, 0.717) is 36.2 Å². The summed E-state index contributed by atoms with van der Waals surface area (Å²) in [5, 5.41) is 36.6. The van der Waals surface area contributed by atoms with Crippen LogP contribution in [-0.2, 0) is 37.5 Å². The Bertz CT molecular complexity index is 1480. The topological polar surface area (TPSA) is 183 Å². The summed E-state index contributed by atoms with van der Waals surface area (Å²) < 4.78 is 14.5. The number of anilines is 1. The Labute approximate surface area is 231 Å². The SMILES string of the molecule is C=C1C(C(N)=O)=C(O)C[C@@H]2C[C@@H]3Cc4c(N(C)C)cc(CCCNS(C)(=O)=S)c(O)c4C(=O)C3=C(N=O)[C@]12O. The number of aryl methyl sites for hydroxylation is 1. The second-order valence-electron chi connectivity index (χ2n) is 10.6. The zero-order valence-corrected chi connectivity index (χ0v) is 23.6. The maximum absolute atomic E-state index is 14.0. The van der Waals surface area contributed by atoms with Crippen LogP contribution in [0.2, 0.25) is 0 Å². The van der Waals surface area contributed by atoms with E-state index >= 15 is 0 Å². The molecule has 11 nitrogen and oxygen atoms in total. The fraction of sp³-hybridized carbons (Fsp3) is 0.462. The van der Waals surface area contributed by atoms with Crippen molar-refractivity contribution in [1.29, 1.82) is 0 Å². The number of amides is 1. The second-order valence-corrected chi connectivity index (χ2v) is 14.3. The lowest BCUT2D eigenvalue weighted by Crippen LogP contribution is -2.52. The van der Waals surface area contributed by atoms with Gasteiger partial charge in [-0.2, -0.15) is 0 Å². The molecule has 0 bridgehead atoms. The molecule has 39 heavy (non-hydrogen) atoms. The quantitative estimate of drug-likeness (QED) is 0.227. The number of rotatable bonds is 8. The van der Waals surface area contributed by atoms with Crippen LogP contribution in [0.25, 0.3) is 0 Å². The molecule has 0 fully saturated rings. The van der Waals surface area contributed by atoms with Gasteiger partial charge >= 0.3 is 0 Å². The summed E-state index contributed by atoms with van der Waals surface area (Å²) in [4.78, 5) is 40.1. The molecule has 4 rings (SSSR count). The number of allylic oxidation sites excluding steroid dienone is 2. The average Bonchev–Trinajstić information content (AvgIpc) is 2.82. The van der Waals surface area contributed by atoms with Crippen molar-refractivity contribution in [2.75, 3.05) is 31.8 Å². The van der Waals surface area contributed by atoms with Crippen molar-refractivity contribution in [3.8, 4) is 5.75 Å². The van der Waals surface area contributed by atoms with Gasteiger partial charge in [0, 0.05) is 50.5 Å². The molecule has 13 heteroatoms. The number of aliphatic hydroxyl groups is 2. The van der Waals surface area contributed by atoms with E-state index in [4.69, 9.17) is 16.9 Å². The number of carbonyl (C=O) groups excluding carboxylic acids is 2. The molecule has 0 saturated heterocycles. The van der Waals surface area contributed by atoms with Crippen LogP contribution in [0.3, 0.4) is 0 Å². The molecule has 0 heterocycles. The Hall–Kier alpha value is -3.13. The summed E-state index contributed by atoms with van der Waals surface area (Å²) in [6.45, 7) is 4.09. The van der Waals surface area contributed by atoms with Crippen LogP contribution in [0.15, 0.2) is 46.0 Å². The van der Waals surface area contributed by atoms with Crippen molar-refractivity contribution in [2.24, 2.45) is 22.7 Å². The number of phenolic OH excluding ortho intramolecular Hbond substituents is 1. The highest BCUT2D eigenvalue weighted by molar-refractivity contribution is 8.31. The molecule has 0 saturated carbocycles. The molecular weight excluding hydrogens is 544 g/mol. The monoisotopic (exact) mass is 576 g/mol. The molecule has 0 aromatic heterocycles. The van der Waals surface area contributed by atoms with Crippen molar-refractivity contribution < 1.29 is 29.1 Å². The number of benzene rings is 1. The first-order chi connectivity index (χ1) is 18.1. The van der Waals surface area contributed by atoms with Gasteiger partial charge in [-0.25, -0.2) is 8.93 Å². The lowest BCUT2D eigenvalue weighted by atomic mass is 9.58. The summed E-state index contributed by atoms with van der Waals surface area (Å²) >= 11 is 4.86. The van der Waals surface area contributed by atoms with Gasteiger partial charge in [-0.05, 0) is 70.7 Å². The van der Waals surface area contributed by atoms with Crippen LogP contribution in [0.1, 0.15) is 40.7 Å². The smallest absolute Gasteiger partial charge is 0.252 e. The standard InChI is InChI=1S/C26H32N4O7S2/c1-12-19(25(27)34)18(31)11-15-8-14-9-16-17(30(2)3)10-13(6-5-7-28-39(4,37)38)22(32)21(16)23(33)20(14)24(29-36)26(12,15)35/h10,14-15,28,31-32,35H,1,5-9,11H2,2-4H3,(H2,27,34)/t14-,15+,26+,39?/m1/s1. The lowest BCUT2D eigenvalue weighted by Gasteiger charge is -2.48. The van der Waals surface area contributed by atoms with Gasteiger partial charge < -0.3 is 26.0 Å². The molecule has 1 amide bonds. The van der Waals surface area contributed by atoms with Crippen molar-refractivity contribution in [2.45, 2.75) is 37.7 Å². The number of nitrogens with two attached hydrogens (primary N) is 1. The minimum Gasteiger partial charge on any atom is -0.511 e. The van der Waals surface area contributed by atoms with Gasteiger partial charge in [-0.3, -0.25) is 9.59 Å². The molecule has 3 aliphatic carbocycles. The van der Waals surface area contributed by atoms with Crippen molar-refractivity contribution in [3.63, 3.8) is 0 Å². The fourth-order valence-electron chi connectivity index (χ4n) is 6.14. The zero-order chi connectivity index (χ0) is 29.0. The van der Waals surface area contributed by atoms with E-state index in [-0.39, 0.29) is 53.1 Å². The van der Waals surface area contributed by atoms with Crippen molar-refractivity contribution in [3.05, 3.63) is 62.4 Å². The molecule has 1 aromatic carbocycles. The van der Waals surface area contributed by atoms with Gasteiger partial charge in [0.1, 0.15) is 22.8 Å². The number of carbonyl (C=O) groups is 2. The molecule has 0 spiro atoms. The number of aliphatic hydroxyl groups excluding tert-OH is 1. The highest BCUT2D eigenvalue weighted by Gasteiger charge is 2.57. The molecule has 6 N–H and O–H groups in total. The first kappa shape index (κ1) is 28.9. The number of primary amides is 1. The summed E-state index contributed by atoms with van der Waals surface area (Å²) in [5.41, 5.74) is 3.87. The maximum atomic E-state index is 14.0. The Balaban J connectivity index is 1.85. The fourth-order valence-corrected chi connectivity index (χ4v) is 6.91. The Morgan fingerprint density at radius 3 is 2.59 bits per heavy atom. The number of fused-ring (bicyclic) bond motifs is 3. The third-order valence-corrected chi connectivity index (χ3v) is 8.95. The maximum Gasteiger partial charge on any atom is 0.252 e. The lowest BCUT2D eigenvalue weighted by molar-refractivity contribution is -0.115. The summed E-state index contributed by atoms with van der Waals surface area (Å²) in [5.74, 6) is -3.54. The Morgan fingerprint density at radius 1 is 1.36 bits per heavy atom. The number of ketones is 1. The number of aromatic hydroxyl groups is 1. The molecule has 3 aliphatic rings. The molecule has 1 unspecified atom stereocenters. The third kappa shape index (κ3) is 4.77. The van der Waals surface area contributed by atoms with Crippen LogP contribution < -0.4 is 15.4 Å².